The maximum absolute atomic E-state index is 14.1. The summed E-state index contributed by atoms with van der Waals surface area (Å²) in [6, 6.07) is 19.0. The third kappa shape index (κ3) is 10.5. The number of aromatic amines is 2. The highest BCUT2D eigenvalue weighted by Crippen LogP contribution is 2.21. The summed E-state index contributed by atoms with van der Waals surface area (Å²) in [7, 11) is 0. The Bertz CT molecular complexity index is 2120. The number of hydrogen-bond donors (Lipinski definition) is 10. The standard InChI is InChI=1S/C38H42N8O7S/c39-27(21-54)35(49)42-19-33(47)44-31(16-24-18-41-29-13-7-5-11-26(24)29)37(51)46-30(15-23-17-40-28-12-6-4-10-25(23)28)36(50)43-20-34(48)45-32(38(52)53)14-22-8-2-1-3-9-22/h1-13,17-18,27,30-32,40-41,54H,14-16,19-21,39H2,(H,42,49)(H,43,50)(H,44,47)(H,45,48)(H,46,51)(H,52,53)/t27-,30-,31-,32-/m0/s1. The molecule has 0 saturated heterocycles. The number of para-hydroxylation sites is 2. The van der Waals surface area contributed by atoms with Gasteiger partial charge in [-0.2, -0.15) is 12.6 Å². The smallest absolute Gasteiger partial charge is 0.326 e. The minimum Gasteiger partial charge on any atom is -0.480 e. The topological polar surface area (TPSA) is 240 Å². The van der Waals surface area contributed by atoms with Crippen molar-refractivity contribution in [2.45, 2.75) is 43.4 Å². The molecule has 0 fully saturated rings. The second-order valence-corrected chi connectivity index (χ2v) is 13.0. The van der Waals surface area contributed by atoms with Crippen molar-refractivity contribution in [2.75, 3.05) is 18.8 Å². The third-order valence-corrected chi connectivity index (χ3v) is 9.17. The summed E-state index contributed by atoms with van der Waals surface area (Å²) < 4.78 is 0. The Kier molecular flexibility index (Phi) is 13.4. The molecular weight excluding hydrogens is 713 g/mol. The second-order valence-electron chi connectivity index (χ2n) is 12.7. The van der Waals surface area contributed by atoms with Crippen LogP contribution in [0.3, 0.4) is 0 Å². The van der Waals surface area contributed by atoms with Gasteiger partial charge >= 0.3 is 5.97 Å². The van der Waals surface area contributed by atoms with E-state index in [9.17, 15) is 33.9 Å². The molecule has 0 bridgehead atoms. The van der Waals surface area contributed by atoms with Gasteiger partial charge < -0.3 is 47.4 Å². The summed E-state index contributed by atoms with van der Waals surface area (Å²) in [6.07, 6.45) is 3.49. The van der Waals surface area contributed by atoms with E-state index in [0.717, 1.165) is 21.8 Å². The first-order chi connectivity index (χ1) is 26.0. The summed E-state index contributed by atoms with van der Waals surface area (Å²) in [5.74, 6) is -4.61. The molecule has 54 heavy (non-hydrogen) atoms. The van der Waals surface area contributed by atoms with Crippen LogP contribution in [0.25, 0.3) is 21.8 Å². The molecule has 0 aliphatic heterocycles. The van der Waals surface area contributed by atoms with Gasteiger partial charge in [-0.3, -0.25) is 24.0 Å². The third-order valence-electron chi connectivity index (χ3n) is 8.78. The molecule has 0 saturated carbocycles. The fourth-order valence-electron chi connectivity index (χ4n) is 5.94. The number of amides is 5. The zero-order valence-electron chi connectivity index (χ0n) is 29.1. The molecule has 5 aromatic rings. The lowest BCUT2D eigenvalue weighted by Crippen LogP contribution is -2.57. The van der Waals surface area contributed by atoms with Crippen LogP contribution in [0.2, 0.25) is 0 Å². The predicted octanol–water partition coefficient (Wildman–Crippen LogP) is 0.706. The van der Waals surface area contributed by atoms with Crippen molar-refractivity contribution >= 4 is 69.9 Å². The normalized spacial score (nSPS) is 13.3. The zero-order chi connectivity index (χ0) is 38.6. The number of carbonyl (C=O) groups excluding carboxylic acids is 5. The van der Waals surface area contributed by atoms with E-state index in [0.29, 0.717) is 16.7 Å². The van der Waals surface area contributed by atoms with Crippen molar-refractivity contribution in [1.82, 2.24) is 36.6 Å². The largest absolute Gasteiger partial charge is 0.480 e. The molecule has 0 radical (unpaired) electrons. The number of nitrogens with one attached hydrogen (secondary N) is 7. The minimum atomic E-state index is -1.24. The van der Waals surface area contributed by atoms with Crippen molar-refractivity contribution in [1.29, 1.82) is 0 Å². The van der Waals surface area contributed by atoms with Crippen molar-refractivity contribution in [3.8, 4) is 0 Å². The van der Waals surface area contributed by atoms with E-state index in [2.05, 4.69) is 49.2 Å². The number of aliphatic carboxylic acids is 1. The van der Waals surface area contributed by atoms with Crippen LogP contribution in [0.1, 0.15) is 16.7 Å². The Balaban J connectivity index is 1.34. The molecular formula is C38H42N8O7S. The van der Waals surface area contributed by atoms with E-state index in [1.165, 1.54) is 0 Å². The number of carbonyl (C=O) groups is 6. The molecule has 0 unspecified atom stereocenters. The Morgan fingerprint density at radius 3 is 1.63 bits per heavy atom. The van der Waals surface area contributed by atoms with Crippen LogP contribution >= 0.6 is 12.6 Å². The molecule has 0 spiro atoms. The summed E-state index contributed by atoms with van der Waals surface area (Å²) in [5.41, 5.74) is 9.44. The fraction of sp³-hybridized carbons (Fsp3) is 0.263. The first-order valence-electron chi connectivity index (χ1n) is 17.2. The number of thiol groups is 1. The van der Waals surface area contributed by atoms with Crippen LogP contribution in [0, 0.1) is 0 Å². The van der Waals surface area contributed by atoms with Crippen LogP contribution in [0.4, 0.5) is 0 Å². The van der Waals surface area contributed by atoms with Gasteiger partial charge in [-0.1, -0.05) is 66.7 Å². The minimum absolute atomic E-state index is 0.000386. The van der Waals surface area contributed by atoms with Crippen LogP contribution in [-0.2, 0) is 48.0 Å². The summed E-state index contributed by atoms with van der Waals surface area (Å²) in [4.78, 5) is 84.2. The van der Waals surface area contributed by atoms with Gasteiger partial charge in [0.15, 0.2) is 0 Å². The Morgan fingerprint density at radius 2 is 1.09 bits per heavy atom. The predicted molar refractivity (Wildman–Crippen MR) is 205 cm³/mol. The Morgan fingerprint density at radius 1 is 0.611 bits per heavy atom. The Hall–Kier alpha value is -6.13. The van der Waals surface area contributed by atoms with Crippen LogP contribution in [0.15, 0.2) is 91.3 Å². The Labute approximate surface area is 315 Å². The van der Waals surface area contributed by atoms with E-state index < -0.39 is 72.8 Å². The van der Waals surface area contributed by atoms with Gasteiger partial charge in [0, 0.05) is 59.2 Å². The van der Waals surface area contributed by atoms with E-state index in [4.69, 9.17) is 5.73 Å². The molecule has 2 heterocycles. The van der Waals surface area contributed by atoms with Crippen molar-refractivity contribution in [3.63, 3.8) is 0 Å². The number of fused-ring (bicyclic) bond motifs is 2. The zero-order valence-corrected chi connectivity index (χ0v) is 30.0. The molecule has 0 aliphatic rings. The molecule has 0 aliphatic carbocycles. The van der Waals surface area contributed by atoms with E-state index in [1.54, 1.807) is 42.7 Å². The summed E-state index contributed by atoms with van der Waals surface area (Å²) >= 11 is 4.00. The van der Waals surface area contributed by atoms with Crippen molar-refractivity contribution in [3.05, 3.63) is 108 Å². The molecule has 15 nitrogen and oxygen atoms in total. The lowest BCUT2D eigenvalue weighted by atomic mass is 10.0. The van der Waals surface area contributed by atoms with Gasteiger partial charge in [0.1, 0.15) is 18.1 Å². The lowest BCUT2D eigenvalue weighted by molar-refractivity contribution is -0.141. The first-order valence-corrected chi connectivity index (χ1v) is 17.8. The molecule has 282 valence electrons. The van der Waals surface area contributed by atoms with Crippen LogP contribution in [-0.4, -0.2) is 93.6 Å². The second kappa shape index (κ2) is 18.6. The maximum atomic E-state index is 14.1. The number of hydrogen-bond acceptors (Lipinski definition) is 8. The van der Waals surface area contributed by atoms with Gasteiger partial charge in [-0.05, 0) is 28.8 Å². The van der Waals surface area contributed by atoms with Crippen molar-refractivity contribution < 1.29 is 33.9 Å². The van der Waals surface area contributed by atoms with E-state index >= 15 is 0 Å². The molecule has 10 N–H and O–H groups in total. The molecule has 4 atom stereocenters. The van der Waals surface area contributed by atoms with Gasteiger partial charge in [-0.15, -0.1) is 0 Å². The van der Waals surface area contributed by atoms with Gasteiger partial charge in [0.25, 0.3) is 0 Å². The number of carboxylic acids is 1. The molecule has 16 heteroatoms. The maximum Gasteiger partial charge on any atom is 0.326 e. The SMILES string of the molecule is N[C@@H](CS)C(=O)NCC(=O)N[C@@H](Cc1c[nH]c2ccccc12)C(=O)N[C@@H](Cc1c[nH]c2ccccc12)C(=O)NCC(=O)N[C@@H](Cc1ccccc1)C(=O)O. The van der Waals surface area contributed by atoms with Crippen molar-refractivity contribution in [2.24, 2.45) is 5.73 Å². The highest BCUT2D eigenvalue weighted by atomic mass is 32.1. The monoisotopic (exact) mass is 754 g/mol. The fourth-order valence-corrected chi connectivity index (χ4v) is 6.11. The molecule has 2 aromatic heterocycles. The summed E-state index contributed by atoms with van der Waals surface area (Å²) in [5, 5.41) is 24.2. The highest BCUT2D eigenvalue weighted by Gasteiger charge is 2.30. The average molecular weight is 755 g/mol. The van der Waals surface area contributed by atoms with Gasteiger partial charge in [0.2, 0.25) is 29.5 Å². The van der Waals surface area contributed by atoms with Gasteiger partial charge in [0.05, 0.1) is 19.1 Å². The van der Waals surface area contributed by atoms with E-state index in [-0.39, 0.29) is 25.0 Å². The average Bonchev–Trinajstić information content (AvgIpc) is 3.79. The first kappa shape index (κ1) is 39.1. The number of benzene rings is 3. The van der Waals surface area contributed by atoms with Gasteiger partial charge in [-0.25, -0.2) is 4.79 Å². The van der Waals surface area contributed by atoms with Crippen LogP contribution in [0.5, 0.6) is 0 Å². The van der Waals surface area contributed by atoms with E-state index in [1.807, 2.05) is 48.5 Å². The number of nitrogens with two attached hydrogens (primary N) is 1. The summed E-state index contributed by atoms with van der Waals surface area (Å²) in [6.45, 7) is -1.03. The number of H-pyrrole nitrogens is 2. The molecule has 5 rings (SSSR count). The molecule has 5 amide bonds. The molecule has 3 aromatic carbocycles. The van der Waals surface area contributed by atoms with Crippen LogP contribution < -0.4 is 32.3 Å². The number of aromatic nitrogens is 2. The quantitative estimate of drug-likeness (QED) is 0.0570. The highest BCUT2D eigenvalue weighted by molar-refractivity contribution is 7.80. The lowest BCUT2D eigenvalue weighted by Gasteiger charge is -2.23. The number of carboxylic acid groups (broad SMARTS) is 1. The number of rotatable bonds is 18.